The lowest BCUT2D eigenvalue weighted by Gasteiger charge is -2.09. The molecule has 5 nitrogen and oxygen atoms in total. The summed E-state index contributed by atoms with van der Waals surface area (Å²) in [5.41, 5.74) is 2.86. The number of ether oxygens (including phenoxy) is 1. The normalized spacial score (nSPS) is 17.2. The van der Waals surface area contributed by atoms with E-state index < -0.39 is 0 Å². The maximum absolute atomic E-state index is 12.4. The minimum atomic E-state index is -0.0606. The number of amides is 1. The van der Waals surface area contributed by atoms with Crippen LogP contribution in [0.5, 0.6) is 0 Å². The molecule has 1 aliphatic heterocycles. The van der Waals surface area contributed by atoms with Gasteiger partial charge in [-0.05, 0) is 38.3 Å². The molecule has 1 fully saturated rings. The van der Waals surface area contributed by atoms with Crippen molar-refractivity contribution in [2.24, 2.45) is 0 Å². The highest BCUT2D eigenvalue weighted by Crippen LogP contribution is 2.28. The van der Waals surface area contributed by atoms with Gasteiger partial charge in [0.25, 0.3) is 5.91 Å². The molecule has 24 heavy (non-hydrogen) atoms. The van der Waals surface area contributed by atoms with E-state index in [-0.39, 0.29) is 12.0 Å². The van der Waals surface area contributed by atoms with Crippen molar-refractivity contribution in [2.45, 2.75) is 45.6 Å². The molecule has 0 saturated carbocycles. The lowest BCUT2D eigenvalue weighted by atomic mass is 10.2. The maximum atomic E-state index is 12.4. The Morgan fingerprint density at radius 3 is 3.12 bits per heavy atom. The van der Waals surface area contributed by atoms with E-state index in [4.69, 9.17) is 4.74 Å². The second-order valence-electron chi connectivity index (χ2n) is 6.06. The van der Waals surface area contributed by atoms with E-state index in [9.17, 15) is 4.79 Å². The molecule has 1 N–H and O–H groups in total. The zero-order chi connectivity index (χ0) is 16.9. The third-order valence-corrected chi connectivity index (χ3v) is 5.29. The summed E-state index contributed by atoms with van der Waals surface area (Å²) in [7, 11) is 0. The van der Waals surface area contributed by atoms with Crippen LogP contribution < -0.4 is 5.32 Å². The van der Waals surface area contributed by atoms with Crippen molar-refractivity contribution < 1.29 is 9.53 Å². The zero-order valence-electron chi connectivity index (χ0n) is 14.2. The number of nitrogens with zero attached hydrogens (tertiary/aromatic N) is 2. The monoisotopic (exact) mass is 345 g/mol. The highest BCUT2D eigenvalue weighted by atomic mass is 32.1. The number of nitrogens with one attached hydrogen (secondary N) is 1. The van der Waals surface area contributed by atoms with Crippen LogP contribution in [0.3, 0.4) is 0 Å². The first kappa shape index (κ1) is 17.0. The lowest BCUT2D eigenvalue weighted by molar-refractivity contribution is 0.0860. The second kappa shape index (κ2) is 7.85. The summed E-state index contributed by atoms with van der Waals surface area (Å²) in [6, 6.07) is 4.02. The first-order valence-corrected chi connectivity index (χ1v) is 9.31. The summed E-state index contributed by atoms with van der Waals surface area (Å²) < 4.78 is 5.55. The standard InChI is InChI=1S/C18H23N3O2S/c1-3-5-14-10-13(7-8-19-14)18-21-12(2)16(24-18)17(22)20-11-15-6-4-9-23-15/h7-8,10,15H,3-6,9,11H2,1-2H3,(H,20,22)/t15-/m0/s1. The third kappa shape index (κ3) is 3.99. The quantitative estimate of drug-likeness (QED) is 0.872. The van der Waals surface area contributed by atoms with Crippen LogP contribution in [0, 0.1) is 6.92 Å². The average molecular weight is 345 g/mol. The van der Waals surface area contributed by atoms with Gasteiger partial charge < -0.3 is 10.1 Å². The van der Waals surface area contributed by atoms with Crippen molar-refractivity contribution in [2.75, 3.05) is 13.2 Å². The van der Waals surface area contributed by atoms with Crippen LogP contribution in [0.25, 0.3) is 10.6 Å². The number of carbonyl (C=O) groups is 1. The molecule has 0 bridgehead atoms. The molecule has 6 heteroatoms. The molecule has 3 heterocycles. The lowest BCUT2D eigenvalue weighted by Crippen LogP contribution is -2.31. The van der Waals surface area contributed by atoms with Gasteiger partial charge in [0, 0.05) is 30.6 Å². The first-order chi connectivity index (χ1) is 11.7. The van der Waals surface area contributed by atoms with E-state index in [0.717, 1.165) is 54.2 Å². The molecule has 1 atom stereocenters. The zero-order valence-corrected chi connectivity index (χ0v) is 15.0. The van der Waals surface area contributed by atoms with Crippen molar-refractivity contribution in [1.29, 1.82) is 0 Å². The summed E-state index contributed by atoms with van der Waals surface area (Å²) in [6.07, 6.45) is 6.07. The van der Waals surface area contributed by atoms with Crippen LogP contribution in [0.2, 0.25) is 0 Å². The molecule has 0 unspecified atom stereocenters. The van der Waals surface area contributed by atoms with Crippen LogP contribution in [0.4, 0.5) is 0 Å². The van der Waals surface area contributed by atoms with Crippen molar-refractivity contribution in [3.05, 3.63) is 34.6 Å². The molecule has 0 radical (unpaired) electrons. The Morgan fingerprint density at radius 2 is 2.38 bits per heavy atom. The summed E-state index contributed by atoms with van der Waals surface area (Å²) in [5, 5.41) is 3.84. The summed E-state index contributed by atoms with van der Waals surface area (Å²) >= 11 is 1.44. The van der Waals surface area contributed by atoms with Gasteiger partial charge in [-0.25, -0.2) is 4.98 Å². The largest absolute Gasteiger partial charge is 0.376 e. The van der Waals surface area contributed by atoms with Gasteiger partial charge in [-0.3, -0.25) is 9.78 Å². The van der Waals surface area contributed by atoms with Crippen molar-refractivity contribution >= 4 is 17.2 Å². The smallest absolute Gasteiger partial charge is 0.263 e. The Balaban J connectivity index is 1.72. The third-order valence-electron chi connectivity index (χ3n) is 4.09. The van der Waals surface area contributed by atoms with Gasteiger partial charge in [0.1, 0.15) is 9.88 Å². The fraction of sp³-hybridized carbons (Fsp3) is 0.500. The van der Waals surface area contributed by atoms with Crippen LogP contribution in [0.15, 0.2) is 18.3 Å². The van der Waals surface area contributed by atoms with Crippen LogP contribution in [-0.4, -0.2) is 35.1 Å². The maximum Gasteiger partial charge on any atom is 0.263 e. The fourth-order valence-corrected chi connectivity index (χ4v) is 3.81. The Labute approximate surface area is 146 Å². The molecule has 128 valence electrons. The molecule has 1 amide bonds. The predicted octanol–water partition coefficient (Wildman–Crippen LogP) is 3.37. The SMILES string of the molecule is CCCc1cc(-c2nc(C)c(C(=O)NC[C@@H]3CCCO3)s2)ccn1. The molecule has 2 aromatic heterocycles. The molecule has 3 rings (SSSR count). The molecular formula is C18H23N3O2S. The minimum absolute atomic E-state index is 0.0606. The van der Waals surface area contributed by atoms with Crippen molar-refractivity contribution in [3.63, 3.8) is 0 Å². The molecule has 0 spiro atoms. The van der Waals surface area contributed by atoms with Gasteiger partial charge in [0.05, 0.1) is 11.8 Å². The van der Waals surface area contributed by atoms with E-state index >= 15 is 0 Å². The number of aryl methyl sites for hydroxylation is 2. The summed E-state index contributed by atoms with van der Waals surface area (Å²) in [6.45, 7) is 5.39. The van der Waals surface area contributed by atoms with E-state index in [1.807, 2.05) is 19.2 Å². The van der Waals surface area contributed by atoms with Gasteiger partial charge in [-0.2, -0.15) is 0 Å². The fourth-order valence-electron chi connectivity index (χ4n) is 2.83. The van der Waals surface area contributed by atoms with E-state index in [0.29, 0.717) is 11.4 Å². The van der Waals surface area contributed by atoms with E-state index in [2.05, 4.69) is 28.3 Å². The van der Waals surface area contributed by atoms with Crippen molar-refractivity contribution in [1.82, 2.24) is 15.3 Å². The Morgan fingerprint density at radius 1 is 1.50 bits per heavy atom. The van der Waals surface area contributed by atoms with E-state index in [1.165, 1.54) is 11.3 Å². The second-order valence-corrected chi connectivity index (χ2v) is 7.06. The molecule has 1 aliphatic rings. The van der Waals surface area contributed by atoms with Gasteiger partial charge in [0.2, 0.25) is 0 Å². The first-order valence-electron chi connectivity index (χ1n) is 8.50. The molecule has 0 aliphatic carbocycles. The van der Waals surface area contributed by atoms with Crippen LogP contribution in [-0.2, 0) is 11.2 Å². The van der Waals surface area contributed by atoms with Gasteiger partial charge in [-0.1, -0.05) is 13.3 Å². The number of rotatable bonds is 6. The van der Waals surface area contributed by atoms with E-state index in [1.54, 1.807) is 0 Å². The molecule has 0 aromatic carbocycles. The predicted molar refractivity (Wildman–Crippen MR) is 95.4 cm³/mol. The number of aromatic nitrogens is 2. The van der Waals surface area contributed by atoms with Crippen LogP contribution in [0.1, 0.15) is 47.2 Å². The number of thiazole rings is 1. The van der Waals surface area contributed by atoms with Crippen LogP contribution >= 0.6 is 11.3 Å². The van der Waals surface area contributed by atoms with Gasteiger partial charge in [-0.15, -0.1) is 11.3 Å². The minimum Gasteiger partial charge on any atom is -0.376 e. The average Bonchev–Trinajstić information content (AvgIpc) is 3.23. The van der Waals surface area contributed by atoms with Gasteiger partial charge >= 0.3 is 0 Å². The van der Waals surface area contributed by atoms with Gasteiger partial charge in [0.15, 0.2) is 0 Å². The molecule has 2 aromatic rings. The Hall–Kier alpha value is -1.79. The number of carbonyl (C=O) groups excluding carboxylic acids is 1. The number of pyridine rings is 1. The number of hydrogen-bond acceptors (Lipinski definition) is 5. The molecule has 1 saturated heterocycles. The Kier molecular flexibility index (Phi) is 5.58. The summed E-state index contributed by atoms with van der Waals surface area (Å²) in [5.74, 6) is -0.0606. The summed E-state index contributed by atoms with van der Waals surface area (Å²) in [4.78, 5) is 22.1. The topological polar surface area (TPSA) is 64.1 Å². The highest BCUT2D eigenvalue weighted by Gasteiger charge is 2.20. The number of hydrogen-bond donors (Lipinski definition) is 1. The Bertz CT molecular complexity index is 708. The highest BCUT2D eigenvalue weighted by molar-refractivity contribution is 7.17. The molecular weight excluding hydrogens is 322 g/mol. The van der Waals surface area contributed by atoms with Crippen molar-refractivity contribution in [3.8, 4) is 10.6 Å².